The Morgan fingerprint density at radius 2 is 0.947 bits per heavy atom. The lowest BCUT2D eigenvalue weighted by molar-refractivity contribution is 0.613. The molecule has 0 amide bonds. The molecule has 11 aromatic carbocycles. The van der Waals surface area contributed by atoms with Crippen LogP contribution < -0.4 is 15.5 Å². The van der Waals surface area contributed by atoms with Crippen molar-refractivity contribution in [3.05, 3.63) is 288 Å². The average Bonchev–Trinajstić information content (AvgIpc) is 4.25. The third kappa shape index (κ3) is 5.92. The molecule has 0 bridgehead atoms. The third-order valence-electron chi connectivity index (χ3n) is 17.0. The molecule has 2 aromatic heterocycles. The number of para-hydroxylation sites is 3. The largest absolute Gasteiger partial charge is 0.332 e. The molecular weight excluding hydrogens is 907 g/mol. The zero-order chi connectivity index (χ0) is 49.4. The number of aromatic nitrogens is 2. The lowest BCUT2D eigenvalue weighted by Gasteiger charge is -2.42. The highest BCUT2D eigenvalue weighted by Crippen LogP contribution is 2.64. The fourth-order valence-corrected chi connectivity index (χ4v) is 13.8. The van der Waals surface area contributed by atoms with Crippen molar-refractivity contribution in [3.8, 4) is 44.8 Å². The van der Waals surface area contributed by atoms with E-state index in [1.54, 1.807) is 0 Å². The van der Waals surface area contributed by atoms with E-state index in [2.05, 4.69) is 288 Å². The van der Waals surface area contributed by atoms with Gasteiger partial charge < -0.3 is 14.0 Å². The van der Waals surface area contributed by atoms with Gasteiger partial charge in [0.15, 0.2) is 0 Å². The Hall–Kier alpha value is -9.44. The fraction of sp³-hybridized carbons (Fsp3) is 0.0556. The summed E-state index contributed by atoms with van der Waals surface area (Å²) in [6.07, 6.45) is 5.89. The van der Waals surface area contributed by atoms with E-state index in [4.69, 9.17) is 0 Å². The van der Waals surface area contributed by atoms with E-state index in [0.29, 0.717) is 0 Å². The van der Waals surface area contributed by atoms with Crippen LogP contribution in [0.4, 0.5) is 11.4 Å². The number of hydrogen-bond donors (Lipinski definition) is 0. The first-order chi connectivity index (χ1) is 37.0. The highest BCUT2D eigenvalue weighted by Gasteiger charge is 2.52. The summed E-state index contributed by atoms with van der Waals surface area (Å²) in [5, 5.41) is 8.71. The van der Waals surface area contributed by atoms with Crippen LogP contribution in [-0.4, -0.2) is 14.7 Å². The van der Waals surface area contributed by atoms with Crippen molar-refractivity contribution in [3.63, 3.8) is 0 Å². The van der Waals surface area contributed by atoms with E-state index in [1.165, 1.54) is 110 Å². The molecule has 0 saturated carbocycles. The molecule has 3 aliphatic carbocycles. The first kappa shape index (κ1) is 42.1. The summed E-state index contributed by atoms with van der Waals surface area (Å²) in [6, 6.07) is 95.3. The number of hydrogen-bond acceptors (Lipinski definition) is 1. The van der Waals surface area contributed by atoms with Crippen LogP contribution in [-0.2, 0) is 5.41 Å². The highest BCUT2D eigenvalue weighted by molar-refractivity contribution is 6.10. The lowest BCUT2D eigenvalue weighted by atomic mass is 9.70. The van der Waals surface area contributed by atoms with E-state index < -0.39 is 11.0 Å². The molecule has 3 heteroatoms. The molecule has 0 aliphatic heterocycles. The summed E-state index contributed by atoms with van der Waals surface area (Å²) in [4.78, 5) is 2.67. The van der Waals surface area contributed by atoms with E-state index >= 15 is 0 Å². The summed E-state index contributed by atoms with van der Waals surface area (Å²) in [6.45, 7) is 2.45. The maximum atomic E-state index is 2.67. The van der Waals surface area contributed by atoms with Gasteiger partial charge in [0.1, 0.15) is 0 Å². The highest BCUT2D eigenvalue weighted by atomic mass is 15.2. The van der Waals surface area contributed by atoms with Gasteiger partial charge in [-0.25, -0.2) is 0 Å². The van der Waals surface area contributed by atoms with Crippen LogP contribution in [0.1, 0.15) is 35.6 Å². The number of benzene rings is 11. The minimum absolute atomic E-state index is 0.536. The monoisotopic (exact) mass is 955 g/mol. The molecule has 352 valence electrons. The molecule has 13 aromatic rings. The van der Waals surface area contributed by atoms with Gasteiger partial charge in [-0.2, -0.15) is 0 Å². The molecule has 16 rings (SSSR count). The second kappa shape index (κ2) is 15.8. The van der Waals surface area contributed by atoms with Gasteiger partial charge in [0, 0.05) is 44.1 Å². The van der Waals surface area contributed by atoms with Gasteiger partial charge in [0.2, 0.25) is 0 Å². The van der Waals surface area contributed by atoms with Gasteiger partial charge in [-0.3, -0.25) is 0 Å². The number of nitrogens with zero attached hydrogens (tertiary/aromatic N) is 3. The van der Waals surface area contributed by atoms with Crippen LogP contribution in [0.15, 0.2) is 255 Å². The second-order valence-corrected chi connectivity index (χ2v) is 21.0. The molecule has 0 fully saturated rings. The first-order valence-electron chi connectivity index (χ1n) is 26.3. The van der Waals surface area contributed by atoms with Crippen molar-refractivity contribution >= 4 is 67.0 Å². The average molecular weight is 956 g/mol. The van der Waals surface area contributed by atoms with Crippen molar-refractivity contribution in [2.24, 2.45) is 0 Å². The predicted molar refractivity (Wildman–Crippen MR) is 313 cm³/mol. The van der Waals surface area contributed by atoms with Crippen LogP contribution >= 0.6 is 0 Å². The zero-order valence-corrected chi connectivity index (χ0v) is 41.5. The third-order valence-corrected chi connectivity index (χ3v) is 17.0. The number of fused-ring (bicyclic) bond motifs is 17. The first-order valence-corrected chi connectivity index (χ1v) is 26.3. The standard InChI is InChI=1S/C72H49N3/c1-71(41-40-62-60-27-13-17-31-68(60)74(70(62)46-71)52-34-32-48-20-8-9-21-49(48)42-52)75(54-36-39-61-59-26-12-16-30-67(59)73(69(61)45-54)51-22-6-3-7-23-51)53-35-38-58-56-25-11-15-29-64(56)72(66(58)44-53)63-28-14-10-24-55(63)57-37-33-50(43-65(57)72)47-18-4-2-5-19-47/h2-40,42-46H,41H2,1H3. The molecule has 3 nitrogen and oxygen atoms in total. The molecule has 3 aliphatic rings. The summed E-state index contributed by atoms with van der Waals surface area (Å²) < 4.78 is 4.96. The minimum Gasteiger partial charge on any atom is -0.332 e. The van der Waals surface area contributed by atoms with Crippen LogP contribution in [0.25, 0.3) is 100 Å². The molecule has 0 radical (unpaired) electrons. The number of rotatable bonds is 6. The normalized spacial score (nSPS) is 16.9. The van der Waals surface area contributed by atoms with Crippen LogP contribution in [0.2, 0.25) is 0 Å². The summed E-state index contributed by atoms with van der Waals surface area (Å²) in [5.41, 5.74) is 20.0. The number of anilines is 2. The molecule has 0 N–H and O–H groups in total. The van der Waals surface area contributed by atoms with E-state index in [9.17, 15) is 0 Å². The Morgan fingerprint density at radius 3 is 1.72 bits per heavy atom. The van der Waals surface area contributed by atoms with Crippen molar-refractivity contribution in [2.45, 2.75) is 24.3 Å². The SMILES string of the molecule is CC1(N(c2ccc3c(c2)C2(c4ccccc4-c4ccc(-c5ccccc5)cc42)c2ccccc2-3)c2ccc3c4ccccc4n(-c4ccccc4)c3c2)C=c2c(c3ccccc3n2-c2ccc3ccccc3c2)=CC1. The molecule has 2 unspecified atom stereocenters. The molecule has 75 heavy (non-hydrogen) atoms. The molecule has 1 spiro atoms. The van der Waals surface area contributed by atoms with Gasteiger partial charge in [0.05, 0.1) is 32.9 Å². The maximum Gasteiger partial charge on any atom is 0.0726 e. The summed E-state index contributed by atoms with van der Waals surface area (Å²) in [5.74, 6) is 0. The molecule has 2 atom stereocenters. The van der Waals surface area contributed by atoms with Crippen LogP contribution in [0.3, 0.4) is 0 Å². The van der Waals surface area contributed by atoms with Gasteiger partial charge in [-0.1, -0.05) is 194 Å². The zero-order valence-electron chi connectivity index (χ0n) is 41.5. The second-order valence-electron chi connectivity index (χ2n) is 21.0. The Kier molecular flexibility index (Phi) is 8.86. The quantitative estimate of drug-likeness (QED) is 0.162. The smallest absolute Gasteiger partial charge is 0.0726 e. The maximum absolute atomic E-state index is 2.67. The van der Waals surface area contributed by atoms with E-state index in [-0.39, 0.29) is 0 Å². The summed E-state index contributed by atoms with van der Waals surface area (Å²) >= 11 is 0. The van der Waals surface area contributed by atoms with Crippen molar-refractivity contribution in [2.75, 3.05) is 4.90 Å². The molecule has 2 heterocycles. The Labute approximate surface area is 435 Å². The lowest BCUT2D eigenvalue weighted by Crippen LogP contribution is -2.48. The molecular formula is C72H49N3. The Morgan fingerprint density at radius 1 is 0.373 bits per heavy atom. The summed E-state index contributed by atoms with van der Waals surface area (Å²) in [7, 11) is 0. The minimum atomic E-state index is -0.549. The van der Waals surface area contributed by atoms with Crippen molar-refractivity contribution < 1.29 is 0 Å². The predicted octanol–water partition coefficient (Wildman–Crippen LogP) is 16.5. The van der Waals surface area contributed by atoms with Crippen LogP contribution in [0.5, 0.6) is 0 Å². The van der Waals surface area contributed by atoms with E-state index in [1.807, 2.05) is 0 Å². The molecule has 0 saturated heterocycles. The van der Waals surface area contributed by atoms with Gasteiger partial charge >= 0.3 is 0 Å². The van der Waals surface area contributed by atoms with Gasteiger partial charge in [0.25, 0.3) is 0 Å². The van der Waals surface area contributed by atoms with Crippen molar-refractivity contribution in [1.82, 2.24) is 9.13 Å². The topological polar surface area (TPSA) is 13.1 Å². The van der Waals surface area contributed by atoms with Gasteiger partial charge in [-0.15, -0.1) is 0 Å². The Balaban J connectivity index is 0.986. The van der Waals surface area contributed by atoms with Crippen molar-refractivity contribution in [1.29, 1.82) is 0 Å². The van der Waals surface area contributed by atoms with Crippen LogP contribution in [0, 0.1) is 0 Å². The van der Waals surface area contributed by atoms with Gasteiger partial charge in [-0.05, 0) is 153 Å². The Bertz CT molecular complexity index is 4640. The fourth-order valence-electron chi connectivity index (χ4n) is 13.8. The van der Waals surface area contributed by atoms with E-state index in [0.717, 1.165) is 29.2 Å².